The van der Waals surface area contributed by atoms with Crippen LogP contribution < -0.4 is 0 Å². The third-order valence-electron chi connectivity index (χ3n) is 2.64. The number of carbonyl (C=O) groups is 1. The van der Waals surface area contributed by atoms with Gasteiger partial charge in [0.1, 0.15) is 0 Å². The van der Waals surface area contributed by atoms with Gasteiger partial charge in [-0.3, -0.25) is 4.79 Å². The third kappa shape index (κ3) is 1.60. The summed E-state index contributed by atoms with van der Waals surface area (Å²) in [4.78, 5) is 11.7. The van der Waals surface area contributed by atoms with Crippen LogP contribution in [0, 0.1) is 17.8 Å². The summed E-state index contributed by atoms with van der Waals surface area (Å²) in [7, 11) is 0. The van der Waals surface area contributed by atoms with Gasteiger partial charge in [-0.2, -0.15) is 0 Å². The molecule has 0 heterocycles. The predicted octanol–water partition coefficient (Wildman–Crippen LogP) is 2.81. The molecule has 0 aromatic rings. The Kier molecular flexibility index (Phi) is 2.71. The van der Waals surface area contributed by atoms with E-state index >= 15 is 0 Å². The van der Waals surface area contributed by atoms with Crippen LogP contribution >= 0.6 is 0 Å². The monoisotopic (exact) mass is 166 g/mol. The summed E-state index contributed by atoms with van der Waals surface area (Å²) in [5, 5.41) is 0. The Balaban J connectivity index is 2.70. The van der Waals surface area contributed by atoms with Gasteiger partial charge in [0.25, 0.3) is 0 Å². The Morgan fingerprint density at radius 2 is 1.92 bits per heavy atom. The lowest BCUT2D eigenvalue weighted by molar-refractivity contribution is -0.119. The zero-order valence-electron chi connectivity index (χ0n) is 8.42. The molecule has 1 nitrogen and oxygen atoms in total. The summed E-state index contributed by atoms with van der Waals surface area (Å²) in [6.07, 6.45) is 3.08. The fraction of sp³-hybridized carbons (Fsp3) is 0.727. The number of Topliss-reactive ketones (excluding diaryl/α,β-unsaturated/α-hetero) is 1. The molecule has 12 heavy (non-hydrogen) atoms. The molecule has 0 fully saturated rings. The quantitative estimate of drug-likeness (QED) is 0.616. The SMILES string of the molecule is CC(C)C1=CCC(C(C)C)C1=O. The topological polar surface area (TPSA) is 17.1 Å². The second-order valence-electron chi connectivity index (χ2n) is 4.26. The molecule has 0 amide bonds. The Hall–Kier alpha value is -0.590. The standard InChI is InChI=1S/C11H18O/c1-7(2)9-5-6-10(8(3)4)11(9)12/h5,7-8,10H,6H2,1-4H3. The highest BCUT2D eigenvalue weighted by Crippen LogP contribution is 2.30. The molecule has 1 rings (SSSR count). The molecule has 0 radical (unpaired) electrons. The number of allylic oxidation sites excluding steroid dienone is 2. The van der Waals surface area contributed by atoms with Crippen LogP contribution in [-0.4, -0.2) is 5.78 Å². The van der Waals surface area contributed by atoms with Gasteiger partial charge in [0.05, 0.1) is 0 Å². The number of ketones is 1. The van der Waals surface area contributed by atoms with Crippen LogP contribution in [0.25, 0.3) is 0 Å². The van der Waals surface area contributed by atoms with Crippen LogP contribution in [0.2, 0.25) is 0 Å². The van der Waals surface area contributed by atoms with E-state index in [4.69, 9.17) is 0 Å². The zero-order valence-corrected chi connectivity index (χ0v) is 8.42. The van der Waals surface area contributed by atoms with Crippen molar-refractivity contribution in [1.82, 2.24) is 0 Å². The maximum Gasteiger partial charge on any atom is 0.162 e. The molecule has 0 aromatic carbocycles. The molecule has 1 aliphatic rings. The number of rotatable bonds is 2. The third-order valence-corrected chi connectivity index (χ3v) is 2.64. The van der Waals surface area contributed by atoms with Crippen LogP contribution in [0.5, 0.6) is 0 Å². The van der Waals surface area contributed by atoms with Crippen molar-refractivity contribution < 1.29 is 4.79 Å². The minimum absolute atomic E-state index is 0.266. The lowest BCUT2D eigenvalue weighted by atomic mass is 9.89. The molecule has 0 bridgehead atoms. The lowest BCUT2D eigenvalue weighted by Gasteiger charge is -2.13. The molecular weight excluding hydrogens is 148 g/mol. The fourth-order valence-corrected chi connectivity index (χ4v) is 1.77. The molecular formula is C11H18O. The smallest absolute Gasteiger partial charge is 0.162 e. The Bertz CT molecular complexity index is 211. The van der Waals surface area contributed by atoms with Gasteiger partial charge in [0.15, 0.2) is 5.78 Å². The molecule has 0 spiro atoms. The van der Waals surface area contributed by atoms with Crippen LogP contribution in [0.4, 0.5) is 0 Å². The normalized spacial score (nSPS) is 24.0. The lowest BCUT2D eigenvalue weighted by Crippen LogP contribution is -2.18. The first-order valence-corrected chi connectivity index (χ1v) is 4.78. The molecule has 0 aromatic heterocycles. The average molecular weight is 166 g/mol. The molecule has 1 heteroatoms. The van der Waals surface area contributed by atoms with Crippen molar-refractivity contribution in [2.45, 2.75) is 34.1 Å². The van der Waals surface area contributed by atoms with Crippen molar-refractivity contribution >= 4 is 5.78 Å². The van der Waals surface area contributed by atoms with Crippen LogP contribution in [0.3, 0.4) is 0 Å². The fourth-order valence-electron chi connectivity index (χ4n) is 1.77. The van der Waals surface area contributed by atoms with Gasteiger partial charge in [0.2, 0.25) is 0 Å². The Morgan fingerprint density at radius 3 is 2.17 bits per heavy atom. The van der Waals surface area contributed by atoms with Gasteiger partial charge in [-0.1, -0.05) is 33.8 Å². The van der Waals surface area contributed by atoms with Crippen molar-refractivity contribution in [3.8, 4) is 0 Å². The van der Waals surface area contributed by atoms with E-state index in [1.807, 2.05) is 0 Å². The Morgan fingerprint density at radius 1 is 1.33 bits per heavy atom. The second kappa shape index (κ2) is 3.42. The van der Waals surface area contributed by atoms with E-state index in [9.17, 15) is 4.79 Å². The summed E-state index contributed by atoms with van der Waals surface area (Å²) in [5.41, 5.74) is 1.05. The summed E-state index contributed by atoms with van der Waals surface area (Å²) >= 11 is 0. The van der Waals surface area contributed by atoms with Crippen molar-refractivity contribution in [1.29, 1.82) is 0 Å². The van der Waals surface area contributed by atoms with Gasteiger partial charge in [-0.25, -0.2) is 0 Å². The highest BCUT2D eigenvalue weighted by molar-refractivity contribution is 5.99. The zero-order chi connectivity index (χ0) is 9.30. The van der Waals surface area contributed by atoms with E-state index in [1.165, 1.54) is 0 Å². The number of hydrogen-bond acceptors (Lipinski definition) is 1. The molecule has 0 saturated heterocycles. The molecule has 0 aliphatic heterocycles. The van der Waals surface area contributed by atoms with Crippen molar-refractivity contribution in [3.05, 3.63) is 11.6 Å². The van der Waals surface area contributed by atoms with Crippen LogP contribution in [-0.2, 0) is 4.79 Å². The summed E-state index contributed by atoms with van der Waals surface area (Å²) in [6, 6.07) is 0. The second-order valence-corrected chi connectivity index (χ2v) is 4.26. The number of hydrogen-bond donors (Lipinski definition) is 0. The van der Waals surface area contributed by atoms with E-state index in [-0.39, 0.29) is 5.92 Å². The van der Waals surface area contributed by atoms with Crippen molar-refractivity contribution in [2.75, 3.05) is 0 Å². The van der Waals surface area contributed by atoms with Gasteiger partial charge in [-0.15, -0.1) is 0 Å². The largest absolute Gasteiger partial charge is 0.294 e. The minimum Gasteiger partial charge on any atom is -0.294 e. The van der Waals surface area contributed by atoms with Crippen LogP contribution in [0.15, 0.2) is 11.6 Å². The molecule has 1 unspecified atom stereocenters. The molecule has 0 N–H and O–H groups in total. The summed E-state index contributed by atoms with van der Waals surface area (Å²) in [6.45, 7) is 8.43. The van der Waals surface area contributed by atoms with E-state index in [2.05, 4.69) is 33.8 Å². The average Bonchev–Trinajstić information content (AvgIpc) is 2.30. The van der Waals surface area contributed by atoms with Crippen LogP contribution in [0.1, 0.15) is 34.1 Å². The first kappa shape index (κ1) is 9.50. The highest BCUT2D eigenvalue weighted by Gasteiger charge is 2.30. The van der Waals surface area contributed by atoms with E-state index in [1.54, 1.807) is 0 Å². The van der Waals surface area contributed by atoms with Gasteiger partial charge < -0.3 is 0 Å². The van der Waals surface area contributed by atoms with E-state index in [0.29, 0.717) is 17.6 Å². The molecule has 68 valence electrons. The van der Waals surface area contributed by atoms with Crippen molar-refractivity contribution in [3.63, 3.8) is 0 Å². The molecule has 1 aliphatic carbocycles. The summed E-state index contributed by atoms with van der Waals surface area (Å²) < 4.78 is 0. The predicted molar refractivity (Wildman–Crippen MR) is 50.9 cm³/mol. The van der Waals surface area contributed by atoms with E-state index < -0.39 is 0 Å². The van der Waals surface area contributed by atoms with Gasteiger partial charge in [0, 0.05) is 5.92 Å². The van der Waals surface area contributed by atoms with E-state index in [0.717, 1.165) is 12.0 Å². The molecule has 1 atom stereocenters. The Labute approximate surface area is 74.9 Å². The first-order chi connectivity index (χ1) is 5.54. The molecule has 0 saturated carbocycles. The highest BCUT2D eigenvalue weighted by atomic mass is 16.1. The van der Waals surface area contributed by atoms with Gasteiger partial charge >= 0.3 is 0 Å². The number of carbonyl (C=O) groups excluding carboxylic acids is 1. The van der Waals surface area contributed by atoms with Gasteiger partial charge in [-0.05, 0) is 23.8 Å². The maximum absolute atomic E-state index is 11.7. The summed E-state index contributed by atoms with van der Waals surface area (Å²) in [5.74, 6) is 1.55. The maximum atomic E-state index is 11.7. The minimum atomic E-state index is 0.266. The van der Waals surface area contributed by atoms with Crippen molar-refractivity contribution in [2.24, 2.45) is 17.8 Å². The first-order valence-electron chi connectivity index (χ1n) is 4.78.